The van der Waals surface area contributed by atoms with E-state index in [2.05, 4.69) is 15.0 Å². The molecule has 2 heterocycles. The van der Waals surface area contributed by atoms with Gasteiger partial charge in [0.1, 0.15) is 6.10 Å². The Morgan fingerprint density at radius 3 is 2.60 bits per heavy atom. The fourth-order valence-corrected chi connectivity index (χ4v) is 5.41. The van der Waals surface area contributed by atoms with Crippen molar-refractivity contribution >= 4 is 33.3 Å². The average Bonchev–Trinajstić information content (AvgIpc) is 3.38. The SMILES string of the molecule is C[C@@H]1CN([C@@H](C)CO)C(=O)c2cccc(NS(=O)(=O)c3cn(C)cn3)c2O[C@@H]1CN(C)C(=O)Nc1ccccc1. The molecule has 3 atom stereocenters. The molecule has 0 aliphatic carbocycles. The number of rotatable bonds is 8. The van der Waals surface area contributed by atoms with Gasteiger partial charge in [0, 0.05) is 38.4 Å². The largest absolute Gasteiger partial charge is 0.485 e. The van der Waals surface area contributed by atoms with Crippen LogP contribution >= 0.6 is 0 Å². The second-order valence-electron chi connectivity index (χ2n) is 9.96. The maximum absolute atomic E-state index is 13.6. The van der Waals surface area contributed by atoms with E-state index < -0.39 is 28.1 Å². The first-order valence-electron chi connectivity index (χ1n) is 12.8. The minimum Gasteiger partial charge on any atom is -0.485 e. The zero-order valence-electron chi connectivity index (χ0n) is 22.8. The molecule has 0 radical (unpaired) electrons. The van der Waals surface area contributed by atoms with Crippen LogP contribution in [-0.4, -0.2) is 83.7 Å². The molecule has 0 bridgehead atoms. The van der Waals surface area contributed by atoms with Gasteiger partial charge in [0.2, 0.25) is 0 Å². The van der Waals surface area contributed by atoms with Gasteiger partial charge in [-0.1, -0.05) is 31.2 Å². The number of aromatic nitrogens is 2. The highest BCUT2D eigenvalue weighted by atomic mass is 32.2. The molecule has 13 heteroatoms. The number of carbonyl (C=O) groups is 2. The van der Waals surface area contributed by atoms with Crippen LogP contribution in [0.3, 0.4) is 0 Å². The number of imidazole rings is 1. The topological polar surface area (TPSA) is 146 Å². The Bertz CT molecular complexity index is 1460. The quantitative estimate of drug-likeness (QED) is 0.377. The summed E-state index contributed by atoms with van der Waals surface area (Å²) < 4.78 is 36.6. The third-order valence-corrected chi connectivity index (χ3v) is 7.97. The summed E-state index contributed by atoms with van der Waals surface area (Å²) >= 11 is 0. The van der Waals surface area contributed by atoms with Crippen molar-refractivity contribution in [2.24, 2.45) is 13.0 Å². The van der Waals surface area contributed by atoms with Gasteiger partial charge >= 0.3 is 6.03 Å². The highest BCUT2D eigenvalue weighted by Crippen LogP contribution is 2.36. The van der Waals surface area contributed by atoms with Crippen molar-refractivity contribution in [3.63, 3.8) is 0 Å². The van der Waals surface area contributed by atoms with Crippen LogP contribution in [0.5, 0.6) is 5.75 Å². The minimum absolute atomic E-state index is 0.0376. The molecule has 0 saturated carbocycles. The van der Waals surface area contributed by atoms with Crippen molar-refractivity contribution in [2.45, 2.75) is 31.0 Å². The lowest BCUT2D eigenvalue weighted by Crippen LogP contribution is -2.50. The zero-order valence-corrected chi connectivity index (χ0v) is 23.6. The number of benzene rings is 2. The first-order chi connectivity index (χ1) is 19.0. The number of aryl methyl sites for hydroxylation is 1. The predicted molar refractivity (Wildman–Crippen MR) is 150 cm³/mol. The number of sulfonamides is 1. The molecule has 1 aliphatic heterocycles. The Hall–Kier alpha value is -4.10. The highest BCUT2D eigenvalue weighted by molar-refractivity contribution is 7.92. The van der Waals surface area contributed by atoms with Gasteiger partial charge in [-0.05, 0) is 31.2 Å². The van der Waals surface area contributed by atoms with Gasteiger partial charge in [0.05, 0.1) is 36.8 Å². The summed E-state index contributed by atoms with van der Waals surface area (Å²) in [6.07, 6.45) is 2.09. The second-order valence-corrected chi connectivity index (χ2v) is 11.6. The van der Waals surface area contributed by atoms with E-state index in [9.17, 15) is 23.1 Å². The molecule has 214 valence electrons. The van der Waals surface area contributed by atoms with Crippen molar-refractivity contribution in [3.05, 3.63) is 66.6 Å². The average molecular weight is 571 g/mol. The normalized spacial score (nSPS) is 18.1. The van der Waals surface area contributed by atoms with Crippen LogP contribution in [0.25, 0.3) is 0 Å². The number of nitrogens with zero attached hydrogens (tertiary/aromatic N) is 4. The first-order valence-corrected chi connectivity index (χ1v) is 14.3. The molecule has 0 spiro atoms. The summed E-state index contributed by atoms with van der Waals surface area (Å²) in [5, 5.41) is 12.5. The predicted octanol–water partition coefficient (Wildman–Crippen LogP) is 2.60. The number of ether oxygens (including phenoxy) is 1. The lowest BCUT2D eigenvalue weighted by Gasteiger charge is -2.38. The third kappa shape index (κ3) is 6.37. The van der Waals surface area contributed by atoms with Crippen molar-refractivity contribution in [2.75, 3.05) is 36.8 Å². The number of amides is 3. The van der Waals surface area contributed by atoms with Gasteiger partial charge in [-0.2, -0.15) is 8.42 Å². The lowest BCUT2D eigenvalue weighted by atomic mass is 9.99. The van der Waals surface area contributed by atoms with Gasteiger partial charge in [0.25, 0.3) is 15.9 Å². The molecular formula is C27H34N6O6S. The summed E-state index contributed by atoms with van der Waals surface area (Å²) in [7, 11) is -0.823. The molecule has 12 nitrogen and oxygen atoms in total. The van der Waals surface area contributed by atoms with Crippen molar-refractivity contribution in [1.82, 2.24) is 19.4 Å². The molecule has 1 aromatic heterocycles. The van der Waals surface area contributed by atoms with Crippen molar-refractivity contribution < 1.29 is 27.9 Å². The smallest absolute Gasteiger partial charge is 0.321 e. The van der Waals surface area contributed by atoms with Crippen LogP contribution in [-0.2, 0) is 17.1 Å². The Morgan fingerprint density at radius 1 is 1.23 bits per heavy atom. The number of nitrogens with one attached hydrogen (secondary N) is 2. The number of anilines is 2. The third-order valence-electron chi connectivity index (χ3n) is 6.72. The monoisotopic (exact) mass is 570 g/mol. The number of hydrogen-bond acceptors (Lipinski definition) is 7. The second kappa shape index (κ2) is 12.0. The molecule has 0 unspecified atom stereocenters. The van der Waals surface area contributed by atoms with Gasteiger partial charge < -0.3 is 29.5 Å². The number of fused-ring (bicyclic) bond motifs is 1. The highest BCUT2D eigenvalue weighted by Gasteiger charge is 2.35. The number of carbonyl (C=O) groups excluding carboxylic acids is 2. The van der Waals surface area contributed by atoms with Crippen LogP contribution in [0.2, 0.25) is 0 Å². The van der Waals surface area contributed by atoms with E-state index in [-0.39, 0.29) is 53.7 Å². The van der Waals surface area contributed by atoms with Crippen molar-refractivity contribution in [3.8, 4) is 5.75 Å². The summed E-state index contributed by atoms with van der Waals surface area (Å²) in [5.74, 6) is -0.662. The van der Waals surface area contributed by atoms with E-state index in [4.69, 9.17) is 4.74 Å². The van der Waals surface area contributed by atoms with Gasteiger partial charge in [-0.25, -0.2) is 9.78 Å². The van der Waals surface area contributed by atoms with E-state index in [1.165, 1.54) is 28.1 Å². The molecule has 40 heavy (non-hydrogen) atoms. The fourth-order valence-electron chi connectivity index (χ4n) is 4.36. The number of aliphatic hydroxyl groups excluding tert-OH is 1. The molecule has 3 amide bonds. The zero-order chi connectivity index (χ0) is 29.0. The number of aliphatic hydroxyl groups is 1. The Morgan fingerprint density at radius 2 is 1.95 bits per heavy atom. The van der Waals surface area contributed by atoms with Crippen LogP contribution in [0, 0.1) is 5.92 Å². The van der Waals surface area contributed by atoms with Gasteiger partial charge in [0.15, 0.2) is 10.8 Å². The van der Waals surface area contributed by atoms with E-state index in [1.54, 1.807) is 50.2 Å². The maximum Gasteiger partial charge on any atom is 0.321 e. The van der Waals surface area contributed by atoms with Gasteiger partial charge in [-0.3, -0.25) is 9.52 Å². The minimum atomic E-state index is -4.10. The summed E-state index contributed by atoms with van der Waals surface area (Å²) in [6, 6.07) is 12.8. The van der Waals surface area contributed by atoms with E-state index >= 15 is 0 Å². The summed E-state index contributed by atoms with van der Waals surface area (Å²) in [5.41, 5.74) is 0.828. The fraction of sp³-hybridized carbons (Fsp3) is 0.370. The molecule has 3 aromatic rings. The molecule has 2 aromatic carbocycles. The van der Waals surface area contributed by atoms with Crippen LogP contribution in [0.4, 0.5) is 16.2 Å². The Labute approximate surface area is 233 Å². The van der Waals surface area contributed by atoms with Crippen LogP contribution in [0.1, 0.15) is 24.2 Å². The van der Waals surface area contributed by atoms with Crippen LogP contribution in [0.15, 0.2) is 66.1 Å². The molecule has 1 aliphatic rings. The van der Waals surface area contributed by atoms with E-state index in [0.29, 0.717) is 5.69 Å². The number of hydrogen-bond donors (Lipinski definition) is 3. The number of para-hydroxylation sites is 2. The number of urea groups is 1. The maximum atomic E-state index is 13.6. The van der Waals surface area contributed by atoms with Crippen molar-refractivity contribution in [1.29, 1.82) is 0 Å². The summed E-state index contributed by atoms with van der Waals surface area (Å²) in [6.45, 7) is 3.74. The van der Waals surface area contributed by atoms with E-state index in [0.717, 1.165) is 0 Å². The first kappa shape index (κ1) is 28.9. The molecular weight excluding hydrogens is 536 g/mol. The van der Waals surface area contributed by atoms with E-state index in [1.807, 2.05) is 25.1 Å². The molecule has 3 N–H and O–H groups in total. The van der Waals surface area contributed by atoms with Crippen LogP contribution < -0.4 is 14.8 Å². The molecule has 0 saturated heterocycles. The standard InChI is InChI=1S/C27H34N6O6S/c1-18-13-33(19(2)16-34)26(35)21-11-8-12-22(30-40(37,38)24-15-31(3)17-28-24)25(21)39-23(18)14-32(4)27(36)29-20-9-6-5-7-10-20/h5-12,15,17-19,23,30,34H,13-14,16H2,1-4H3,(H,29,36)/t18-,19+,23-/m1/s1. The summed E-state index contributed by atoms with van der Waals surface area (Å²) in [4.78, 5) is 33.5. The lowest BCUT2D eigenvalue weighted by molar-refractivity contribution is 0.0373. The van der Waals surface area contributed by atoms with Gasteiger partial charge in [-0.15, -0.1) is 0 Å². The molecule has 4 rings (SSSR count). The Balaban J connectivity index is 1.69. The Kier molecular flexibility index (Phi) is 8.64. The molecule has 0 fully saturated rings. The number of likely N-dealkylation sites (N-methyl/N-ethyl adjacent to an activating group) is 1.